The monoisotopic (exact) mass is 262 g/mol. The minimum absolute atomic E-state index is 0.0736. The highest BCUT2D eigenvalue weighted by atomic mass is 16.1. The molecule has 0 radical (unpaired) electrons. The number of carbonyl (C=O) groups excluding carboxylic acids is 1. The van der Waals surface area contributed by atoms with E-state index in [4.69, 9.17) is 5.73 Å². The number of nitrogens with one attached hydrogen (secondary N) is 1. The van der Waals surface area contributed by atoms with Crippen LogP contribution in [0.25, 0.3) is 0 Å². The number of aromatic nitrogens is 1. The summed E-state index contributed by atoms with van der Waals surface area (Å²) in [6.45, 7) is 7.34. The molecule has 2 heterocycles. The van der Waals surface area contributed by atoms with E-state index >= 15 is 0 Å². The summed E-state index contributed by atoms with van der Waals surface area (Å²) in [6.07, 6.45) is 2.66. The van der Waals surface area contributed by atoms with Gasteiger partial charge in [0.1, 0.15) is 5.82 Å². The maximum Gasteiger partial charge on any atom is 0.252 e. The molecule has 5 nitrogen and oxygen atoms in total. The van der Waals surface area contributed by atoms with Crippen molar-refractivity contribution in [3.8, 4) is 0 Å². The number of likely N-dealkylation sites (tertiary alicyclic amines) is 1. The largest absolute Gasteiger partial charge is 0.384 e. The summed E-state index contributed by atoms with van der Waals surface area (Å²) >= 11 is 0. The van der Waals surface area contributed by atoms with Crippen molar-refractivity contribution in [3.05, 3.63) is 23.9 Å². The van der Waals surface area contributed by atoms with Crippen LogP contribution in [0.4, 0.5) is 5.82 Å². The number of nitrogens with zero attached hydrogens (tertiary/aromatic N) is 2. The number of nitrogen functional groups attached to an aromatic ring is 1. The lowest BCUT2D eigenvalue weighted by molar-refractivity contribution is 0.0947. The second kappa shape index (κ2) is 6.02. The van der Waals surface area contributed by atoms with E-state index in [1.54, 1.807) is 12.1 Å². The molecular weight excluding hydrogens is 240 g/mol. The molecular formula is C14H22N4O. The van der Waals surface area contributed by atoms with Crippen molar-refractivity contribution < 1.29 is 4.79 Å². The average molecular weight is 262 g/mol. The van der Waals surface area contributed by atoms with E-state index in [1.165, 1.54) is 6.20 Å². The van der Waals surface area contributed by atoms with Gasteiger partial charge in [0.15, 0.2) is 0 Å². The summed E-state index contributed by atoms with van der Waals surface area (Å²) in [4.78, 5) is 18.3. The molecule has 1 fully saturated rings. The van der Waals surface area contributed by atoms with Crippen molar-refractivity contribution in [2.24, 2.45) is 5.92 Å². The highest BCUT2D eigenvalue weighted by molar-refractivity contribution is 5.93. The van der Waals surface area contributed by atoms with Crippen molar-refractivity contribution in [2.45, 2.75) is 26.3 Å². The van der Waals surface area contributed by atoms with Crippen molar-refractivity contribution in [3.63, 3.8) is 0 Å². The van der Waals surface area contributed by atoms with Crippen LogP contribution in [-0.2, 0) is 0 Å². The summed E-state index contributed by atoms with van der Waals surface area (Å²) in [6, 6.07) is 3.93. The van der Waals surface area contributed by atoms with E-state index in [0.717, 1.165) is 26.1 Å². The topological polar surface area (TPSA) is 71.2 Å². The Hall–Kier alpha value is -1.62. The molecule has 1 amide bonds. The van der Waals surface area contributed by atoms with Gasteiger partial charge in [-0.15, -0.1) is 0 Å². The summed E-state index contributed by atoms with van der Waals surface area (Å²) < 4.78 is 0. The third-order valence-electron chi connectivity index (χ3n) is 3.65. The third-order valence-corrected chi connectivity index (χ3v) is 3.65. The van der Waals surface area contributed by atoms with E-state index in [1.807, 2.05) is 0 Å². The summed E-state index contributed by atoms with van der Waals surface area (Å²) in [7, 11) is 0. The molecule has 1 aliphatic rings. The fraction of sp³-hybridized carbons (Fsp3) is 0.571. The predicted octanol–water partition coefficient (Wildman–Crippen LogP) is 1.12. The van der Waals surface area contributed by atoms with Gasteiger partial charge in [0.05, 0.1) is 5.56 Å². The fourth-order valence-corrected chi connectivity index (χ4v) is 2.38. The van der Waals surface area contributed by atoms with Gasteiger partial charge < -0.3 is 16.0 Å². The van der Waals surface area contributed by atoms with E-state index < -0.39 is 0 Å². The van der Waals surface area contributed by atoms with Gasteiger partial charge in [-0.05, 0) is 44.9 Å². The molecule has 0 aliphatic carbocycles. The second-order valence-corrected chi connectivity index (χ2v) is 5.43. The zero-order valence-corrected chi connectivity index (χ0v) is 11.6. The number of amides is 1. The van der Waals surface area contributed by atoms with Gasteiger partial charge in [-0.3, -0.25) is 4.79 Å². The van der Waals surface area contributed by atoms with Crippen LogP contribution in [0, 0.1) is 5.92 Å². The number of hydrogen-bond acceptors (Lipinski definition) is 4. The smallest absolute Gasteiger partial charge is 0.252 e. The van der Waals surface area contributed by atoms with Gasteiger partial charge in [0.2, 0.25) is 0 Å². The summed E-state index contributed by atoms with van der Waals surface area (Å²) in [5.41, 5.74) is 6.06. The zero-order valence-electron chi connectivity index (χ0n) is 11.6. The number of anilines is 1. The zero-order chi connectivity index (χ0) is 13.8. The van der Waals surface area contributed by atoms with Gasteiger partial charge in [0.25, 0.3) is 5.91 Å². The number of carbonyl (C=O) groups is 1. The lowest BCUT2D eigenvalue weighted by Crippen LogP contribution is -2.33. The van der Waals surface area contributed by atoms with Gasteiger partial charge in [0, 0.05) is 25.3 Å². The fourth-order valence-electron chi connectivity index (χ4n) is 2.38. The first-order valence-corrected chi connectivity index (χ1v) is 6.80. The van der Waals surface area contributed by atoms with Crippen LogP contribution < -0.4 is 11.1 Å². The lowest BCUT2D eigenvalue weighted by Gasteiger charge is -2.20. The Morgan fingerprint density at radius 1 is 1.58 bits per heavy atom. The molecule has 1 aromatic heterocycles. The molecule has 1 aliphatic heterocycles. The van der Waals surface area contributed by atoms with Gasteiger partial charge in [-0.25, -0.2) is 4.98 Å². The molecule has 0 aromatic carbocycles. The van der Waals surface area contributed by atoms with Crippen LogP contribution in [0.3, 0.4) is 0 Å². The molecule has 1 atom stereocenters. The van der Waals surface area contributed by atoms with E-state index in [9.17, 15) is 4.79 Å². The molecule has 1 aromatic rings. The quantitative estimate of drug-likeness (QED) is 0.853. The Bertz CT molecular complexity index is 430. The van der Waals surface area contributed by atoms with Crippen molar-refractivity contribution >= 4 is 11.7 Å². The lowest BCUT2D eigenvalue weighted by atomic mass is 10.1. The van der Waals surface area contributed by atoms with Crippen LogP contribution in [0.1, 0.15) is 30.6 Å². The Labute approximate surface area is 114 Å². The summed E-state index contributed by atoms with van der Waals surface area (Å²) in [5.74, 6) is 0.906. The predicted molar refractivity (Wildman–Crippen MR) is 75.8 cm³/mol. The first-order valence-electron chi connectivity index (χ1n) is 6.80. The Balaban J connectivity index is 1.80. The standard InChI is InChI=1S/C14H22N4O/c1-10(2)18-6-5-11(9-18)7-17-14(19)12-3-4-13(15)16-8-12/h3-4,8,10-11H,5-7,9H2,1-2H3,(H2,15,16)(H,17,19). The molecule has 1 unspecified atom stereocenters. The van der Waals surface area contributed by atoms with Crippen LogP contribution in [-0.4, -0.2) is 41.5 Å². The van der Waals surface area contributed by atoms with E-state index in [0.29, 0.717) is 23.3 Å². The first-order chi connectivity index (χ1) is 9.06. The highest BCUT2D eigenvalue weighted by Crippen LogP contribution is 2.17. The van der Waals surface area contributed by atoms with E-state index in [2.05, 4.69) is 29.0 Å². The number of rotatable bonds is 4. The normalized spacial score (nSPS) is 19.8. The van der Waals surface area contributed by atoms with Crippen LogP contribution in [0.2, 0.25) is 0 Å². The molecule has 0 saturated carbocycles. The third kappa shape index (κ3) is 3.67. The van der Waals surface area contributed by atoms with E-state index in [-0.39, 0.29) is 5.91 Å². The molecule has 19 heavy (non-hydrogen) atoms. The Morgan fingerprint density at radius 3 is 2.95 bits per heavy atom. The average Bonchev–Trinajstić information content (AvgIpc) is 2.86. The molecule has 104 valence electrons. The molecule has 1 saturated heterocycles. The SMILES string of the molecule is CC(C)N1CCC(CNC(=O)c2ccc(N)nc2)C1. The minimum Gasteiger partial charge on any atom is -0.384 e. The van der Waals surface area contributed by atoms with Crippen molar-refractivity contribution in [2.75, 3.05) is 25.4 Å². The van der Waals surface area contributed by atoms with Crippen LogP contribution >= 0.6 is 0 Å². The molecule has 2 rings (SSSR count). The highest BCUT2D eigenvalue weighted by Gasteiger charge is 2.24. The van der Waals surface area contributed by atoms with Gasteiger partial charge in [-0.1, -0.05) is 0 Å². The maximum absolute atomic E-state index is 11.9. The van der Waals surface area contributed by atoms with Crippen LogP contribution in [0.5, 0.6) is 0 Å². The number of nitrogens with two attached hydrogens (primary N) is 1. The molecule has 0 spiro atoms. The molecule has 5 heteroatoms. The number of hydrogen-bond donors (Lipinski definition) is 2. The molecule has 0 bridgehead atoms. The van der Waals surface area contributed by atoms with Gasteiger partial charge in [-0.2, -0.15) is 0 Å². The maximum atomic E-state index is 11.9. The van der Waals surface area contributed by atoms with Gasteiger partial charge >= 0.3 is 0 Å². The minimum atomic E-state index is -0.0736. The first kappa shape index (κ1) is 13.8. The second-order valence-electron chi connectivity index (χ2n) is 5.43. The Kier molecular flexibility index (Phi) is 4.37. The van der Waals surface area contributed by atoms with Crippen molar-refractivity contribution in [1.82, 2.24) is 15.2 Å². The number of pyridine rings is 1. The Morgan fingerprint density at radius 2 is 2.37 bits per heavy atom. The van der Waals surface area contributed by atoms with Crippen LogP contribution in [0.15, 0.2) is 18.3 Å². The van der Waals surface area contributed by atoms with Crippen molar-refractivity contribution in [1.29, 1.82) is 0 Å². The summed E-state index contributed by atoms with van der Waals surface area (Å²) in [5, 5.41) is 2.97. The molecule has 3 N–H and O–H groups in total.